The molecule has 5 nitrogen and oxygen atoms in total. The number of ether oxygens (including phenoxy) is 1. The topological polar surface area (TPSA) is 36.0 Å². The molecule has 0 spiro atoms. The van der Waals surface area contributed by atoms with Crippen molar-refractivity contribution in [2.75, 3.05) is 59.0 Å². The molecule has 0 N–H and O–H groups in total. The van der Waals surface area contributed by atoms with Gasteiger partial charge in [-0.15, -0.1) is 0 Å². The summed E-state index contributed by atoms with van der Waals surface area (Å²) in [6.45, 7) is 12.7. The molecule has 2 saturated heterocycles. The number of hydrogen-bond acceptors (Lipinski definition) is 4. The first-order chi connectivity index (χ1) is 10.7. The zero-order valence-corrected chi connectivity index (χ0v) is 14.4. The molecular formula is C17H33N3O2. The van der Waals surface area contributed by atoms with Crippen molar-refractivity contribution in [2.45, 2.75) is 45.6 Å². The van der Waals surface area contributed by atoms with Gasteiger partial charge in [0.25, 0.3) is 0 Å². The predicted octanol–water partition coefficient (Wildman–Crippen LogP) is 1.43. The molecule has 0 aliphatic carbocycles. The smallest absolute Gasteiger partial charge is 0.239 e. The van der Waals surface area contributed by atoms with Crippen LogP contribution >= 0.6 is 0 Å². The van der Waals surface area contributed by atoms with E-state index in [9.17, 15) is 4.79 Å². The number of carbonyl (C=O) groups excluding carboxylic acids is 1. The molecule has 5 heteroatoms. The molecule has 2 rings (SSSR count). The van der Waals surface area contributed by atoms with E-state index in [0.717, 1.165) is 59.0 Å². The van der Waals surface area contributed by atoms with Gasteiger partial charge in [-0.25, -0.2) is 0 Å². The maximum absolute atomic E-state index is 12.7. The van der Waals surface area contributed by atoms with Crippen LogP contribution in [0.3, 0.4) is 0 Å². The first-order valence-electron chi connectivity index (χ1n) is 9.05. The normalized spacial score (nSPS) is 23.3. The molecule has 22 heavy (non-hydrogen) atoms. The third-order valence-electron chi connectivity index (χ3n) is 4.99. The van der Waals surface area contributed by atoms with E-state index in [1.54, 1.807) is 0 Å². The Hall–Kier alpha value is -0.650. The fourth-order valence-electron chi connectivity index (χ4n) is 3.42. The molecule has 1 amide bonds. The minimum Gasteiger partial charge on any atom is -0.380 e. The molecule has 0 aromatic heterocycles. The molecule has 0 bridgehead atoms. The van der Waals surface area contributed by atoms with Gasteiger partial charge in [0.05, 0.1) is 12.6 Å². The highest BCUT2D eigenvalue weighted by Crippen LogP contribution is 2.14. The van der Waals surface area contributed by atoms with Crippen molar-refractivity contribution in [1.82, 2.24) is 14.7 Å². The van der Waals surface area contributed by atoms with Crippen molar-refractivity contribution in [3.63, 3.8) is 0 Å². The molecule has 0 aromatic carbocycles. The van der Waals surface area contributed by atoms with Crippen LogP contribution in [0, 0.1) is 0 Å². The van der Waals surface area contributed by atoms with Gasteiger partial charge in [0.15, 0.2) is 0 Å². The van der Waals surface area contributed by atoms with Crippen LogP contribution in [0.15, 0.2) is 0 Å². The first-order valence-corrected chi connectivity index (χ1v) is 9.05. The molecule has 1 atom stereocenters. The third kappa shape index (κ3) is 5.21. The van der Waals surface area contributed by atoms with Crippen LogP contribution in [0.4, 0.5) is 0 Å². The Labute approximate surface area is 135 Å². The van der Waals surface area contributed by atoms with E-state index in [-0.39, 0.29) is 6.04 Å². The second-order valence-corrected chi connectivity index (χ2v) is 6.49. The number of amides is 1. The van der Waals surface area contributed by atoms with Crippen molar-refractivity contribution in [2.24, 2.45) is 0 Å². The summed E-state index contributed by atoms with van der Waals surface area (Å²) in [6.07, 6.45) is 4.89. The lowest BCUT2D eigenvalue weighted by atomic mass is 10.2. The maximum atomic E-state index is 12.7. The van der Waals surface area contributed by atoms with Crippen LogP contribution in [0.1, 0.15) is 39.5 Å². The van der Waals surface area contributed by atoms with E-state index in [2.05, 4.69) is 21.6 Å². The molecule has 2 fully saturated rings. The van der Waals surface area contributed by atoms with Gasteiger partial charge in [0.2, 0.25) is 5.91 Å². The Kier molecular flexibility index (Phi) is 7.63. The summed E-state index contributed by atoms with van der Waals surface area (Å²) in [4.78, 5) is 19.6. The molecule has 2 aliphatic rings. The third-order valence-corrected chi connectivity index (χ3v) is 4.99. The fraction of sp³-hybridized carbons (Fsp3) is 0.941. The Balaban J connectivity index is 1.73. The van der Waals surface area contributed by atoms with Crippen LogP contribution < -0.4 is 0 Å². The van der Waals surface area contributed by atoms with E-state index in [0.29, 0.717) is 5.91 Å². The summed E-state index contributed by atoms with van der Waals surface area (Å²) < 4.78 is 5.42. The fourth-order valence-corrected chi connectivity index (χ4v) is 3.42. The quantitative estimate of drug-likeness (QED) is 0.695. The van der Waals surface area contributed by atoms with Crippen molar-refractivity contribution in [1.29, 1.82) is 0 Å². The Bertz CT molecular complexity index is 322. The van der Waals surface area contributed by atoms with Gasteiger partial charge in [-0.1, -0.05) is 12.8 Å². The molecule has 2 heterocycles. The van der Waals surface area contributed by atoms with Gasteiger partial charge in [-0.3, -0.25) is 14.6 Å². The van der Waals surface area contributed by atoms with Gasteiger partial charge >= 0.3 is 0 Å². The highest BCUT2D eigenvalue weighted by molar-refractivity contribution is 5.81. The lowest BCUT2D eigenvalue weighted by Gasteiger charge is -2.38. The van der Waals surface area contributed by atoms with Crippen molar-refractivity contribution in [3.05, 3.63) is 0 Å². The first kappa shape index (κ1) is 17.7. The van der Waals surface area contributed by atoms with Crippen LogP contribution in [0.2, 0.25) is 0 Å². The highest BCUT2D eigenvalue weighted by Gasteiger charge is 2.28. The highest BCUT2D eigenvalue weighted by atomic mass is 16.5. The SMILES string of the molecule is CCOCCN1CCN([C@@H](C)C(=O)N2CCCCCC2)CC1. The predicted molar refractivity (Wildman–Crippen MR) is 89.0 cm³/mol. The van der Waals surface area contributed by atoms with Gasteiger partial charge in [0.1, 0.15) is 0 Å². The number of hydrogen-bond donors (Lipinski definition) is 0. The zero-order chi connectivity index (χ0) is 15.8. The van der Waals surface area contributed by atoms with E-state index >= 15 is 0 Å². The zero-order valence-electron chi connectivity index (χ0n) is 14.4. The monoisotopic (exact) mass is 311 g/mol. The summed E-state index contributed by atoms with van der Waals surface area (Å²) >= 11 is 0. The maximum Gasteiger partial charge on any atom is 0.239 e. The Morgan fingerprint density at radius 1 is 1.00 bits per heavy atom. The summed E-state index contributed by atoms with van der Waals surface area (Å²) in [5.41, 5.74) is 0. The lowest BCUT2D eigenvalue weighted by molar-refractivity contribution is -0.137. The van der Waals surface area contributed by atoms with Crippen LogP contribution in [0.25, 0.3) is 0 Å². The minimum atomic E-state index is 0.0344. The average molecular weight is 311 g/mol. The number of carbonyl (C=O) groups is 1. The number of piperazine rings is 1. The number of likely N-dealkylation sites (tertiary alicyclic amines) is 1. The van der Waals surface area contributed by atoms with E-state index < -0.39 is 0 Å². The van der Waals surface area contributed by atoms with Gasteiger partial charge < -0.3 is 9.64 Å². The van der Waals surface area contributed by atoms with Crippen molar-refractivity contribution < 1.29 is 9.53 Å². The second kappa shape index (κ2) is 9.48. The van der Waals surface area contributed by atoms with E-state index in [1.165, 1.54) is 25.7 Å². The molecule has 128 valence electrons. The average Bonchev–Trinajstić information content (AvgIpc) is 2.84. The van der Waals surface area contributed by atoms with Crippen molar-refractivity contribution >= 4 is 5.91 Å². The number of rotatable bonds is 6. The van der Waals surface area contributed by atoms with E-state index in [1.807, 2.05) is 6.92 Å². The largest absolute Gasteiger partial charge is 0.380 e. The van der Waals surface area contributed by atoms with Gasteiger partial charge in [0, 0.05) is 52.4 Å². The number of nitrogens with zero attached hydrogens (tertiary/aromatic N) is 3. The molecule has 0 unspecified atom stereocenters. The second-order valence-electron chi connectivity index (χ2n) is 6.49. The lowest BCUT2D eigenvalue weighted by Crippen LogP contribution is -2.55. The summed E-state index contributed by atoms with van der Waals surface area (Å²) in [7, 11) is 0. The molecule has 2 aliphatic heterocycles. The summed E-state index contributed by atoms with van der Waals surface area (Å²) in [6, 6.07) is 0.0344. The van der Waals surface area contributed by atoms with E-state index in [4.69, 9.17) is 4.74 Å². The van der Waals surface area contributed by atoms with Crippen LogP contribution in [0.5, 0.6) is 0 Å². The Morgan fingerprint density at radius 3 is 2.23 bits per heavy atom. The minimum absolute atomic E-state index is 0.0344. The van der Waals surface area contributed by atoms with Gasteiger partial charge in [-0.2, -0.15) is 0 Å². The summed E-state index contributed by atoms with van der Waals surface area (Å²) in [5.74, 6) is 0.338. The molecule has 0 aromatic rings. The van der Waals surface area contributed by atoms with Gasteiger partial charge in [-0.05, 0) is 26.7 Å². The molecular weight excluding hydrogens is 278 g/mol. The molecule has 0 radical (unpaired) electrons. The van der Waals surface area contributed by atoms with Crippen LogP contribution in [-0.4, -0.2) is 85.7 Å². The Morgan fingerprint density at radius 2 is 1.64 bits per heavy atom. The van der Waals surface area contributed by atoms with Crippen molar-refractivity contribution in [3.8, 4) is 0 Å². The standard InChI is InChI=1S/C17H33N3O2/c1-3-22-15-14-18-10-12-19(13-11-18)16(2)17(21)20-8-6-4-5-7-9-20/h16H,3-15H2,1-2H3/t16-/m0/s1. The summed E-state index contributed by atoms with van der Waals surface area (Å²) in [5, 5.41) is 0. The van der Waals surface area contributed by atoms with Crippen LogP contribution in [-0.2, 0) is 9.53 Å². The molecule has 0 saturated carbocycles.